The molecule has 0 nitrogen and oxygen atoms in total. The number of rotatable bonds is 22. The minimum absolute atomic E-state index is 0.230. The third kappa shape index (κ3) is 13.9. The van der Waals surface area contributed by atoms with Gasteiger partial charge in [-0.25, -0.2) is 30.1 Å². The van der Waals surface area contributed by atoms with Crippen molar-refractivity contribution >= 4 is 42.7 Å². The summed E-state index contributed by atoms with van der Waals surface area (Å²) in [6.45, 7) is 20.7. The molecular formula is C29H58S4. The first-order valence-electron chi connectivity index (χ1n) is 12.8. The Morgan fingerprint density at radius 1 is 0.576 bits per heavy atom. The molecule has 0 unspecified atom stereocenters. The van der Waals surface area contributed by atoms with E-state index in [0.717, 1.165) is 0 Å². The maximum Gasteiger partial charge on any atom is 0.0125 e. The zero-order chi connectivity index (χ0) is 25.4. The van der Waals surface area contributed by atoms with Crippen LogP contribution in [0.4, 0.5) is 0 Å². The largest absolute Gasteiger partial charge is 0.244 e. The van der Waals surface area contributed by atoms with Gasteiger partial charge in [0, 0.05) is 4.75 Å². The molecule has 0 amide bonds. The van der Waals surface area contributed by atoms with Crippen LogP contribution in [0.1, 0.15) is 52.4 Å². The van der Waals surface area contributed by atoms with E-state index in [0.29, 0.717) is 0 Å². The van der Waals surface area contributed by atoms with Crippen molar-refractivity contribution in [3.63, 3.8) is 0 Å². The molecule has 198 valence electrons. The van der Waals surface area contributed by atoms with E-state index in [2.05, 4.69) is 83.2 Å². The lowest BCUT2D eigenvalue weighted by molar-refractivity contribution is 0.507. The monoisotopic (exact) mass is 534 g/mol. The molecular weight excluding hydrogens is 477 g/mol. The first-order chi connectivity index (χ1) is 15.5. The lowest BCUT2D eigenvalue weighted by atomic mass is 9.97. The highest BCUT2D eigenvalue weighted by molar-refractivity contribution is 8.34. The van der Waals surface area contributed by atoms with Gasteiger partial charge in [0.15, 0.2) is 0 Å². The summed E-state index contributed by atoms with van der Waals surface area (Å²) < 4.78 is 0.230. The smallest absolute Gasteiger partial charge is 0.0125 e. The fourth-order valence-electron chi connectivity index (χ4n) is 4.78. The van der Waals surface area contributed by atoms with E-state index >= 15 is 0 Å². The normalized spacial score (nSPS) is 14.5. The lowest BCUT2D eigenvalue weighted by Crippen LogP contribution is -2.22. The Hall–Kier alpha value is 0.360. The van der Waals surface area contributed by atoms with Crippen LogP contribution in [0.15, 0.2) is 50.6 Å². The highest BCUT2D eigenvalue weighted by Crippen LogP contribution is 2.52. The topological polar surface area (TPSA) is 0 Å². The van der Waals surface area contributed by atoms with E-state index < -0.39 is 30.1 Å². The van der Waals surface area contributed by atoms with Gasteiger partial charge in [0.05, 0.1) is 0 Å². The summed E-state index contributed by atoms with van der Waals surface area (Å²) in [5.41, 5.74) is 0. The summed E-state index contributed by atoms with van der Waals surface area (Å²) in [4.78, 5) is 0. The number of hydrogen-bond acceptors (Lipinski definition) is 1. The molecule has 0 N–H and O–H groups in total. The van der Waals surface area contributed by atoms with Crippen molar-refractivity contribution < 1.29 is 0 Å². The standard InChI is InChI=1S/C29H58S4/c1-10-20-31(7,21-11-2)25-17-27-33(9,24-16-19-29(30,14-5)15-6)28-18-26-32(8,22-12-3)23-13-4/h10-13,30H,1-4,14-28H2,5-9H3. The third-order valence-corrected chi connectivity index (χ3v) is 18.6. The highest BCUT2D eigenvalue weighted by Gasteiger charge is 2.25. The fraction of sp³-hybridized carbons (Fsp3) is 0.724. The van der Waals surface area contributed by atoms with Crippen LogP contribution >= 0.6 is 42.7 Å². The van der Waals surface area contributed by atoms with Crippen molar-refractivity contribution in [3.8, 4) is 0 Å². The molecule has 0 atom stereocenters. The molecule has 0 saturated carbocycles. The highest BCUT2D eigenvalue weighted by atomic mass is 32.3. The van der Waals surface area contributed by atoms with Crippen molar-refractivity contribution in [1.29, 1.82) is 0 Å². The predicted molar refractivity (Wildman–Crippen MR) is 176 cm³/mol. The molecule has 33 heavy (non-hydrogen) atoms. The van der Waals surface area contributed by atoms with Gasteiger partial charge >= 0.3 is 0 Å². The number of hydrogen-bond donors (Lipinski definition) is 1. The molecule has 0 saturated heterocycles. The van der Waals surface area contributed by atoms with Crippen molar-refractivity contribution in [2.24, 2.45) is 0 Å². The summed E-state index contributed by atoms with van der Waals surface area (Å²) in [6, 6.07) is 0. The van der Waals surface area contributed by atoms with Crippen molar-refractivity contribution in [1.82, 2.24) is 0 Å². The van der Waals surface area contributed by atoms with Crippen molar-refractivity contribution in [3.05, 3.63) is 50.6 Å². The Morgan fingerprint density at radius 2 is 0.879 bits per heavy atom. The molecule has 0 aromatic carbocycles. The first-order valence-corrected chi connectivity index (χ1v) is 20.9. The summed E-state index contributed by atoms with van der Waals surface area (Å²) in [7, 11) is -1.84. The van der Waals surface area contributed by atoms with Crippen LogP contribution in [0, 0.1) is 0 Å². The average molecular weight is 535 g/mol. The Balaban J connectivity index is 5.19. The Morgan fingerprint density at radius 3 is 1.18 bits per heavy atom. The average Bonchev–Trinajstić information content (AvgIpc) is 2.74. The van der Waals surface area contributed by atoms with Crippen LogP contribution in [-0.4, -0.2) is 75.3 Å². The van der Waals surface area contributed by atoms with Crippen LogP contribution < -0.4 is 0 Å². The van der Waals surface area contributed by atoms with Crippen LogP contribution in [0.3, 0.4) is 0 Å². The molecule has 0 radical (unpaired) electrons. The van der Waals surface area contributed by atoms with E-state index in [1.807, 2.05) is 0 Å². The first kappa shape index (κ1) is 33.4. The van der Waals surface area contributed by atoms with Gasteiger partial charge in [-0.15, -0.1) is 26.3 Å². The number of thiol groups is 1. The van der Waals surface area contributed by atoms with E-state index in [-0.39, 0.29) is 4.75 Å². The molecule has 0 aromatic heterocycles. The van der Waals surface area contributed by atoms with Gasteiger partial charge in [-0.1, -0.05) is 38.2 Å². The second kappa shape index (κ2) is 16.9. The van der Waals surface area contributed by atoms with Gasteiger partial charge in [-0.2, -0.15) is 12.6 Å². The molecule has 0 aliphatic heterocycles. The molecule has 0 rings (SSSR count). The van der Waals surface area contributed by atoms with E-state index in [9.17, 15) is 0 Å². The van der Waals surface area contributed by atoms with Crippen LogP contribution in [0.5, 0.6) is 0 Å². The quantitative estimate of drug-likeness (QED) is 0.104. The molecule has 0 aliphatic rings. The second-order valence-corrected chi connectivity index (χ2v) is 23.7. The van der Waals surface area contributed by atoms with E-state index in [4.69, 9.17) is 12.6 Å². The van der Waals surface area contributed by atoms with Crippen LogP contribution in [-0.2, 0) is 0 Å². The maximum absolute atomic E-state index is 5.04. The SMILES string of the molecule is C=CCS(C)(CC=C)CCCS(C)(CCCC(S)(CC)CC)CCCS(C)(CC=C)CC=C. The Kier molecular flexibility index (Phi) is 17.1. The maximum atomic E-state index is 5.04. The summed E-state index contributed by atoms with van der Waals surface area (Å²) in [5, 5.41) is 0. The molecule has 4 heteroatoms. The third-order valence-electron chi connectivity index (χ3n) is 7.22. The zero-order valence-electron chi connectivity index (χ0n) is 22.9. The van der Waals surface area contributed by atoms with Gasteiger partial charge in [0.1, 0.15) is 0 Å². The lowest BCUT2D eigenvalue weighted by Gasteiger charge is -2.41. The zero-order valence-corrected chi connectivity index (χ0v) is 26.3. The molecule has 0 aliphatic carbocycles. The van der Waals surface area contributed by atoms with Crippen LogP contribution in [0.25, 0.3) is 0 Å². The van der Waals surface area contributed by atoms with Gasteiger partial charge in [-0.05, 0) is 109 Å². The fourth-order valence-corrected chi connectivity index (χ4v) is 13.3. The van der Waals surface area contributed by atoms with E-state index in [1.54, 1.807) is 0 Å². The van der Waals surface area contributed by atoms with Crippen LogP contribution in [0.2, 0.25) is 0 Å². The molecule has 0 fully saturated rings. The van der Waals surface area contributed by atoms with Gasteiger partial charge < -0.3 is 0 Å². The Bertz CT molecular complexity index is 520. The summed E-state index contributed by atoms with van der Waals surface area (Å²) in [6.07, 6.45) is 23.9. The predicted octanol–water partition coefficient (Wildman–Crippen LogP) is 9.08. The summed E-state index contributed by atoms with van der Waals surface area (Å²) >= 11 is 5.04. The summed E-state index contributed by atoms with van der Waals surface area (Å²) in [5.74, 6) is 11.7. The van der Waals surface area contributed by atoms with Gasteiger partial charge in [0.2, 0.25) is 0 Å². The van der Waals surface area contributed by atoms with Crippen molar-refractivity contribution in [2.75, 3.05) is 70.5 Å². The minimum Gasteiger partial charge on any atom is -0.244 e. The van der Waals surface area contributed by atoms with Gasteiger partial charge in [0.25, 0.3) is 0 Å². The van der Waals surface area contributed by atoms with Gasteiger partial charge in [-0.3, -0.25) is 0 Å². The molecule has 0 heterocycles. The second-order valence-electron chi connectivity index (χ2n) is 10.5. The minimum atomic E-state index is -0.625. The van der Waals surface area contributed by atoms with E-state index in [1.165, 1.54) is 90.3 Å². The molecule has 0 bridgehead atoms. The molecule has 0 spiro atoms. The van der Waals surface area contributed by atoms with Crippen molar-refractivity contribution in [2.45, 2.75) is 57.1 Å². The Labute approximate surface area is 220 Å². The molecule has 0 aromatic rings.